The third-order valence-electron chi connectivity index (χ3n) is 3.10. The summed E-state index contributed by atoms with van der Waals surface area (Å²) in [6, 6.07) is 0.529. The van der Waals surface area contributed by atoms with Crippen LogP contribution in [0.15, 0.2) is 0 Å². The zero-order valence-corrected chi connectivity index (χ0v) is 11.5. The predicted octanol–water partition coefficient (Wildman–Crippen LogP) is 1.02. The van der Waals surface area contributed by atoms with Gasteiger partial charge in [0.1, 0.15) is 0 Å². The van der Waals surface area contributed by atoms with E-state index in [0.29, 0.717) is 18.3 Å². The normalized spacial score (nSPS) is 28.2. The Morgan fingerprint density at radius 2 is 2.19 bits per heavy atom. The van der Waals surface area contributed by atoms with Gasteiger partial charge in [-0.2, -0.15) is 0 Å². The van der Waals surface area contributed by atoms with E-state index in [2.05, 4.69) is 23.6 Å². The molecule has 0 aromatic rings. The summed E-state index contributed by atoms with van der Waals surface area (Å²) in [7, 11) is -1.06. The van der Waals surface area contributed by atoms with Crippen molar-refractivity contribution in [2.45, 2.75) is 38.3 Å². The van der Waals surface area contributed by atoms with Gasteiger partial charge in [-0.25, -0.2) is 13.1 Å². The van der Waals surface area contributed by atoms with Crippen molar-refractivity contribution in [1.82, 2.24) is 9.62 Å². The highest BCUT2D eigenvalue weighted by atomic mass is 35.5. The number of nitrogens with one attached hydrogen (secondary N) is 1. The maximum Gasteiger partial charge on any atom is 0.211 e. The van der Waals surface area contributed by atoms with E-state index in [1.807, 2.05) is 0 Å². The van der Waals surface area contributed by atoms with E-state index >= 15 is 0 Å². The summed E-state index contributed by atoms with van der Waals surface area (Å²) in [6.45, 7) is 3.07. The number of hydrogen-bond donors (Lipinski definition) is 1. The molecule has 1 fully saturated rings. The van der Waals surface area contributed by atoms with Crippen LogP contribution in [0, 0.1) is 0 Å². The van der Waals surface area contributed by atoms with Gasteiger partial charge < -0.3 is 4.90 Å². The third kappa shape index (κ3) is 4.57. The maximum absolute atomic E-state index is 11.7. The Morgan fingerprint density at radius 3 is 2.75 bits per heavy atom. The van der Waals surface area contributed by atoms with Gasteiger partial charge in [-0.1, -0.05) is 0 Å². The molecule has 2 atom stereocenters. The third-order valence-corrected chi connectivity index (χ3v) is 4.89. The van der Waals surface area contributed by atoms with E-state index in [9.17, 15) is 8.42 Å². The summed E-state index contributed by atoms with van der Waals surface area (Å²) < 4.78 is 26.1. The lowest BCUT2D eigenvalue weighted by Gasteiger charge is -2.35. The minimum Gasteiger partial charge on any atom is -0.304 e. The molecule has 2 unspecified atom stereocenters. The van der Waals surface area contributed by atoms with Gasteiger partial charge in [-0.15, -0.1) is 11.6 Å². The molecule has 96 valence electrons. The molecule has 0 spiro atoms. The van der Waals surface area contributed by atoms with E-state index in [1.54, 1.807) is 0 Å². The van der Waals surface area contributed by atoms with Crippen molar-refractivity contribution in [3.05, 3.63) is 0 Å². The Labute approximate surface area is 103 Å². The van der Waals surface area contributed by atoms with Gasteiger partial charge in [0, 0.05) is 18.0 Å². The molecule has 0 amide bonds. The lowest BCUT2D eigenvalue weighted by molar-refractivity contribution is 0.178. The van der Waals surface area contributed by atoms with Crippen LogP contribution < -0.4 is 4.72 Å². The number of sulfonamides is 1. The molecule has 1 aliphatic rings. The first-order chi connectivity index (χ1) is 7.44. The fourth-order valence-electron chi connectivity index (χ4n) is 1.95. The van der Waals surface area contributed by atoms with Gasteiger partial charge in [0.2, 0.25) is 10.0 Å². The highest BCUT2D eigenvalue weighted by Crippen LogP contribution is 2.16. The highest BCUT2D eigenvalue weighted by Gasteiger charge is 2.25. The van der Waals surface area contributed by atoms with Crippen molar-refractivity contribution >= 4 is 21.6 Å². The van der Waals surface area contributed by atoms with Crippen molar-refractivity contribution < 1.29 is 8.42 Å². The first-order valence-electron chi connectivity index (χ1n) is 5.71. The Morgan fingerprint density at radius 1 is 1.50 bits per heavy atom. The number of halogens is 1. The minimum absolute atomic E-state index is 0.0894. The Bertz CT molecular complexity index is 308. The summed E-state index contributed by atoms with van der Waals surface area (Å²) in [5.41, 5.74) is 0. The van der Waals surface area contributed by atoms with Crippen molar-refractivity contribution in [2.24, 2.45) is 0 Å². The molecular weight excluding hydrogens is 248 g/mol. The number of hydrogen-bond acceptors (Lipinski definition) is 3. The summed E-state index contributed by atoms with van der Waals surface area (Å²) in [6.07, 6.45) is 2.29. The van der Waals surface area contributed by atoms with Crippen LogP contribution in [0.25, 0.3) is 0 Å². The molecule has 0 aliphatic carbocycles. The van der Waals surface area contributed by atoms with Gasteiger partial charge in [0.25, 0.3) is 0 Å². The first kappa shape index (κ1) is 14.2. The Balaban J connectivity index is 2.42. The van der Waals surface area contributed by atoms with Crippen LogP contribution in [-0.4, -0.2) is 50.6 Å². The van der Waals surface area contributed by atoms with Crippen LogP contribution in [0.5, 0.6) is 0 Å². The van der Waals surface area contributed by atoms with Gasteiger partial charge in [-0.05, 0) is 39.8 Å². The van der Waals surface area contributed by atoms with Crippen LogP contribution in [-0.2, 0) is 10.0 Å². The SMILES string of the molecule is CC1CC(NS(=O)(=O)CCCCl)CCN1C. The second-order valence-corrected chi connectivity index (χ2v) is 6.78. The molecule has 1 saturated heterocycles. The number of likely N-dealkylation sites (tertiary alicyclic amines) is 1. The molecule has 0 radical (unpaired) electrons. The lowest BCUT2D eigenvalue weighted by Crippen LogP contribution is -2.47. The van der Waals surface area contributed by atoms with E-state index < -0.39 is 10.0 Å². The number of piperidine rings is 1. The first-order valence-corrected chi connectivity index (χ1v) is 7.89. The molecule has 1 heterocycles. The van der Waals surface area contributed by atoms with Gasteiger partial charge in [-0.3, -0.25) is 0 Å². The summed E-state index contributed by atoms with van der Waals surface area (Å²) in [5, 5.41) is 0. The quantitative estimate of drug-likeness (QED) is 0.758. The topological polar surface area (TPSA) is 49.4 Å². The monoisotopic (exact) mass is 268 g/mol. The average molecular weight is 269 g/mol. The van der Waals surface area contributed by atoms with Crippen LogP contribution in [0.3, 0.4) is 0 Å². The number of nitrogens with zero attached hydrogens (tertiary/aromatic N) is 1. The Kier molecular flexibility index (Phi) is 5.50. The van der Waals surface area contributed by atoms with E-state index in [-0.39, 0.29) is 11.8 Å². The molecule has 4 nitrogen and oxygen atoms in total. The van der Waals surface area contributed by atoms with Crippen LogP contribution in [0.2, 0.25) is 0 Å². The maximum atomic E-state index is 11.7. The lowest BCUT2D eigenvalue weighted by atomic mass is 10.0. The second-order valence-electron chi connectivity index (χ2n) is 4.53. The fourth-order valence-corrected chi connectivity index (χ4v) is 3.61. The molecule has 16 heavy (non-hydrogen) atoms. The molecule has 1 aliphatic heterocycles. The van der Waals surface area contributed by atoms with Crippen LogP contribution in [0.4, 0.5) is 0 Å². The van der Waals surface area contributed by atoms with Crippen LogP contribution in [0.1, 0.15) is 26.2 Å². The van der Waals surface area contributed by atoms with Crippen LogP contribution >= 0.6 is 11.6 Å². The minimum atomic E-state index is -3.14. The zero-order valence-electron chi connectivity index (χ0n) is 9.95. The molecule has 0 saturated carbocycles. The molecule has 6 heteroatoms. The number of alkyl halides is 1. The predicted molar refractivity (Wildman–Crippen MR) is 67.4 cm³/mol. The second kappa shape index (κ2) is 6.19. The van der Waals surface area contributed by atoms with Gasteiger partial charge >= 0.3 is 0 Å². The standard InChI is InChI=1S/C10H21ClN2O2S/c1-9-8-10(4-6-13(9)2)12-16(14,15)7-3-5-11/h9-10,12H,3-8H2,1-2H3. The van der Waals surface area contributed by atoms with E-state index in [4.69, 9.17) is 11.6 Å². The van der Waals surface area contributed by atoms with E-state index in [1.165, 1.54) is 0 Å². The van der Waals surface area contributed by atoms with Gasteiger partial charge in [0.05, 0.1) is 5.75 Å². The highest BCUT2D eigenvalue weighted by molar-refractivity contribution is 7.89. The summed E-state index contributed by atoms with van der Waals surface area (Å²) >= 11 is 5.49. The summed E-state index contributed by atoms with van der Waals surface area (Å²) in [5.74, 6) is 0.530. The molecule has 0 aromatic heterocycles. The largest absolute Gasteiger partial charge is 0.304 e. The zero-order chi connectivity index (χ0) is 12.2. The molecule has 0 aromatic carbocycles. The summed E-state index contributed by atoms with van der Waals surface area (Å²) in [4.78, 5) is 2.25. The van der Waals surface area contributed by atoms with Crippen molar-refractivity contribution in [1.29, 1.82) is 0 Å². The van der Waals surface area contributed by atoms with Crippen molar-refractivity contribution in [3.63, 3.8) is 0 Å². The number of rotatable bonds is 5. The van der Waals surface area contributed by atoms with Crippen molar-refractivity contribution in [2.75, 3.05) is 25.2 Å². The average Bonchev–Trinajstić information content (AvgIpc) is 2.20. The smallest absolute Gasteiger partial charge is 0.211 e. The molecule has 1 N–H and O–H groups in total. The Hall–Kier alpha value is 0.160. The fraction of sp³-hybridized carbons (Fsp3) is 1.00. The van der Waals surface area contributed by atoms with E-state index in [0.717, 1.165) is 19.4 Å². The van der Waals surface area contributed by atoms with Gasteiger partial charge in [0.15, 0.2) is 0 Å². The van der Waals surface area contributed by atoms with Crippen molar-refractivity contribution in [3.8, 4) is 0 Å². The molecular formula is C10H21ClN2O2S. The molecule has 0 bridgehead atoms. The molecule has 1 rings (SSSR count).